The third kappa shape index (κ3) is 2.91. The maximum Gasteiger partial charge on any atom is 0.307 e. The summed E-state index contributed by atoms with van der Waals surface area (Å²) in [7, 11) is 1.63. The predicted octanol–water partition coefficient (Wildman–Crippen LogP) is 3.21. The molecule has 0 aromatic heterocycles. The fourth-order valence-electron chi connectivity index (χ4n) is 2.64. The second-order valence-corrected chi connectivity index (χ2v) is 5.91. The summed E-state index contributed by atoms with van der Waals surface area (Å²) in [5.74, 6) is -0.0347. The quantitative estimate of drug-likeness (QED) is 0.896. The number of carboxylic acid groups (broad SMARTS) is 1. The van der Waals surface area contributed by atoms with E-state index in [4.69, 9.17) is 21.4 Å². The standard InChI is InChI=1S/C15H20ClNO3/c1-8(2)10-6-14(20-3)11(5-12(10)16)13-4-9(7-17-13)15(18)19/h5-6,8-9,13,17H,4,7H2,1-3H3,(H,18,19). The normalized spacial score (nSPS) is 22.2. The SMILES string of the molecule is COc1cc(C(C)C)c(Cl)cc1C1CC(C(=O)O)CN1. The van der Waals surface area contributed by atoms with E-state index >= 15 is 0 Å². The second kappa shape index (κ2) is 6.02. The number of hydrogen-bond donors (Lipinski definition) is 2. The van der Waals surface area contributed by atoms with Gasteiger partial charge in [0.15, 0.2) is 0 Å². The third-order valence-corrected chi connectivity index (χ3v) is 4.15. The molecule has 1 aromatic rings. The monoisotopic (exact) mass is 297 g/mol. The summed E-state index contributed by atoms with van der Waals surface area (Å²) in [6.45, 7) is 4.63. The summed E-state index contributed by atoms with van der Waals surface area (Å²) in [4.78, 5) is 11.0. The highest BCUT2D eigenvalue weighted by molar-refractivity contribution is 6.31. The number of ether oxygens (including phenoxy) is 1. The molecule has 1 aliphatic heterocycles. The topological polar surface area (TPSA) is 58.6 Å². The minimum atomic E-state index is -0.760. The Morgan fingerprint density at radius 2 is 2.20 bits per heavy atom. The van der Waals surface area contributed by atoms with Gasteiger partial charge in [-0.15, -0.1) is 0 Å². The predicted molar refractivity (Wildman–Crippen MR) is 78.6 cm³/mol. The highest BCUT2D eigenvalue weighted by atomic mass is 35.5. The van der Waals surface area contributed by atoms with Crippen molar-refractivity contribution in [3.8, 4) is 5.75 Å². The van der Waals surface area contributed by atoms with Crippen molar-refractivity contribution in [3.63, 3.8) is 0 Å². The lowest BCUT2D eigenvalue weighted by molar-refractivity contribution is -0.141. The van der Waals surface area contributed by atoms with Crippen molar-refractivity contribution in [2.24, 2.45) is 5.92 Å². The zero-order valence-corrected chi connectivity index (χ0v) is 12.7. The average molecular weight is 298 g/mol. The summed E-state index contributed by atoms with van der Waals surface area (Å²) in [5.41, 5.74) is 1.98. The molecule has 2 N–H and O–H groups in total. The van der Waals surface area contributed by atoms with Crippen molar-refractivity contribution in [2.45, 2.75) is 32.2 Å². The first-order valence-electron chi connectivity index (χ1n) is 6.77. The molecule has 1 aromatic carbocycles. The van der Waals surface area contributed by atoms with E-state index in [0.717, 1.165) is 16.9 Å². The number of carbonyl (C=O) groups is 1. The number of rotatable bonds is 4. The molecule has 0 aliphatic carbocycles. The Balaban J connectivity index is 2.33. The summed E-state index contributed by atoms with van der Waals surface area (Å²) in [6.07, 6.45) is 0.559. The van der Waals surface area contributed by atoms with Gasteiger partial charge in [0.25, 0.3) is 0 Å². The van der Waals surface area contributed by atoms with Crippen LogP contribution in [0.5, 0.6) is 5.75 Å². The van der Waals surface area contributed by atoms with Crippen molar-refractivity contribution in [3.05, 3.63) is 28.3 Å². The first-order chi connectivity index (χ1) is 9.43. The molecule has 0 bridgehead atoms. The van der Waals surface area contributed by atoms with E-state index in [-0.39, 0.29) is 12.0 Å². The Kier molecular flexibility index (Phi) is 4.55. The summed E-state index contributed by atoms with van der Waals surface area (Å²) >= 11 is 6.33. The van der Waals surface area contributed by atoms with E-state index in [1.165, 1.54) is 0 Å². The maximum atomic E-state index is 11.0. The highest BCUT2D eigenvalue weighted by Gasteiger charge is 2.32. The number of methoxy groups -OCH3 is 1. The highest BCUT2D eigenvalue weighted by Crippen LogP contribution is 2.38. The molecule has 4 nitrogen and oxygen atoms in total. The Morgan fingerprint density at radius 3 is 2.70 bits per heavy atom. The van der Waals surface area contributed by atoms with Crippen LogP contribution < -0.4 is 10.1 Å². The Bertz CT molecular complexity index is 516. The summed E-state index contributed by atoms with van der Waals surface area (Å²) in [5, 5.41) is 13.0. The van der Waals surface area contributed by atoms with Crippen LogP contribution in [-0.4, -0.2) is 24.7 Å². The molecule has 0 spiro atoms. The fraction of sp³-hybridized carbons (Fsp3) is 0.533. The van der Waals surface area contributed by atoms with Crippen LogP contribution >= 0.6 is 11.6 Å². The van der Waals surface area contributed by atoms with Gasteiger partial charge in [-0.05, 0) is 30.0 Å². The molecule has 1 aliphatic rings. The smallest absolute Gasteiger partial charge is 0.307 e. The van der Waals surface area contributed by atoms with Crippen LogP contribution in [0.1, 0.15) is 43.4 Å². The van der Waals surface area contributed by atoms with Crippen molar-refractivity contribution < 1.29 is 14.6 Å². The summed E-state index contributed by atoms with van der Waals surface area (Å²) in [6, 6.07) is 3.83. The Hall–Kier alpha value is -1.26. The molecule has 0 radical (unpaired) electrons. The van der Waals surface area contributed by atoms with E-state index in [9.17, 15) is 4.79 Å². The maximum absolute atomic E-state index is 11.0. The molecular formula is C15H20ClNO3. The molecule has 1 saturated heterocycles. The molecule has 0 amide bonds. The molecule has 2 rings (SSSR count). The van der Waals surface area contributed by atoms with Crippen LogP contribution in [0.25, 0.3) is 0 Å². The first-order valence-corrected chi connectivity index (χ1v) is 7.15. The van der Waals surface area contributed by atoms with Crippen molar-refractivity contribution in [1.82, 2.24) is 5.32 Å². The minimum absolute atomic E-state index is 0.0234. The third-order valence-electron chi connectivity index (χ3n) is 3.83. The minimum Gasteiger partial charge on any atom is -0.496 e. The largest absolute Gasteiger partial charge is 0.496 e. The number of nitrogens with one attached hydrogen (secondary N) is 1. The molecule has 2 atom stereocenters. The lowest BCUT2D eigenvalue weighted by Gasteiger charge is -2.19. The van der Waals surface area contributed by atoms with Crippen LogP contribution in [0, 0.1) is 5.92 Å². The van der Waals surface area contributed by atoms with Gasteiger partial charge in [-0.3, -0.25) is 4.79 Å². The molecular weight excluding hydrogens is 278 g/mol. The average Bonchev–Trinajstić information content (AvgIpc) is 2.87. The first kappa shape index (κ1) is 15.1. The van der Waals surface area contributed by atoms with Gasteiger partial charge >= 0.3 is 5.97 Å². The molecule has 110 valence electrons. The van der Waals surface area contributed by atoms with Gasteiger partial charge < -0.3 is 15.2 Å². The van der Waals surface area contributed by atoms with E-state index in [1.54, 1.807) is 7.11 Å². The van der Waals surface area contributed by atoms with E-state index < -0.39 is 5.97 Å². The zero-order valence-electron chi connectivity index (χ0n) is 11.9. The fourth-order valence-corrected chi connectivity index (χ4v) is 3.03. The van der Waals surface area contributed by atoms with Gasteiger partial charge in [-0.25, -0.2) is 0 Å². The molecule has 0 saturated carbocycles. The van der Waals surface area contributed by atoms with Crippen LogP contribution in [0.3, 0.4) is 0 Å². The molecule has 20 heavy (non-hydrogen) atoms. The van der Waals surface area contributed by atoms with Gasteiger partial charge in [0.05, 0.1) is 13.0 Å². The Morgan fingerprint density at radius 1 is 1.50 bits per heavy atom. The van der Waals surface area contributed by atoms with Crippen molar-refractivity contribution in [1.29, 1.82) is 0 Å². The molecule has 1 fully saturated rings. The van der Waals surface area contributed by atoms with Crippen molar-refractivity contribution >= 4 is 17.6 Å². The van der Waals surface area contributed by atoms with Crippen LogP contribution in [0.4, 0.5) is 0 Å². The number of carboxylic acids is 1. The lowest BCUT2D eigenvalue weighted by atomic mass is 9.95. The van der Waals surface area contributed by atoms with Gasteiger partial charge in [0, 0.05) is 23.2 Å². The van der Waals surface area contributed by atoms with Crippen LogP contribution in [0.2, 0.25) is 5.02 Å². The lowest BCUT2D eigenvalue weighted by Crippen LogP contribution is -2.17. The van der Waals surface area contributed by atoms with Gasteiger partial charge in [-0.1, -0.05) is 25.4 Å². The zero-order chi connectivity index (χ0) is 14.9. The Labute approximate surface area is 124 Å². The summed E-state index contributed by atoms with van der Waals surface area (Å²) < 4.78 is 5.45. The van der Waals surface area contributed by atoms with Gasteiger partial charge in [0.2, 0.25) is 0 Å². The number of halogens is 1. The van der Waals surface area contributed by atoms with Gasteiger partial charge in [-0.2, -0.15) is 0 Å². The molecule has 2 unspecified atom stereocenters. The second-order valence-electron chi connectivity index (χ2n) is 5.50. The van der Waals surface area contributed by atoms with E-state index in [1.807, 2.05) is 12.1 Å². The number of hydrogen-bond acceptors (Lipinski definition) is 3. The van der Waals surface area contributed by atoms with Crippen molar-refractivity contribution in [2.75, 3.05) is 13.7 Å². The number of aliphatic carboxylic acids is 1. The molecule has 5 heteroatoms. The van der Waals surface area contributed by atoms with Gasteiger partial charge in [0.1, 0.15) is 5.75 Å². The van der Waals surface area contributed by atoms with E-state index in [0.29, 0.717) is 23.9 Å². The molecule has 1 heterocycles. The van der Waals surface area contributed by atoms with Crippen LogP contribution in [0.15, 0.2) is 12.1 Å². The van der Waals surface area contributed by atoms with E-state index in [2.05, 4.69) is 19.2 Å². The van der Waals surface area contributed by atoms with Crippen LogP contribution in [-0.2, 0) is 4.79 Å². The number of benzene rings is 1.